The third-order valence-corrected chi connectivity index (χ3v) is 8.82. The fraction of sp³-hybridized carbons (Fsp3) is 0.567. The molecule has 11 nitrogen and oxygen atoms in total. The summed E-state index contributed by atoms with van der Waals surface area (Å²) in [5, 5.41) is 10.2. The van der Waals surface area contributed by atoms with E-state index in [-0.39, 0.29) is 11.7 Å². The molecule has 41 heavy (non-hydrogen) atoms. The highest BCUT2D eigenvalue weighted by atomic mass is 16.5. The molecule has 1 aromatic heterocycles. The molecule has 1 aromatic carbocycles. The van der Waals surface area contributed by atoms with Gasteiger partial charge in [-0.25, -0.2) is 9.97 Å². The van der Waals surface area contributed by atoms with Crippen molar-refractivity contribution in [2.75, 3.05) is 88.2 Å². The number of rotatable bonds is 8. The highest BCUT2D eigenvalue weighted by Gasteiger charge is 2.27. The van der Waals surface area contributed by atoms with Crippen molar-refractivity contribution in [2.24, 2.45) is 5.73 Å². The van der Waals surface area contributed by atoms with Gasteiger partial charge in [0.05, 0.1) is 0 Å². The van der Waals surface area contributed by atoms with Crippen LogP contribution in [-0.2, 0) is 4.74 Å². The molecule has 0 atom stereocenters. The van der Waals surface area contributed by atoms with Gasteiger partial charge in [0.1, 0.15) is 5.69 Å². The van der Waals surface area contributed by atoms with Crippen LogP contribution in [0, 0.1) is 0 Å². The topological polar surface area (TPSA) is 124 Å². The molecule has 4 aliphatic heterocycles. The van der Waals surface area contributed by atoms with Crippen LogP contribution in [-0.4, -0.2) is 110 Å². The molecule has 0 bridgehead atoms. The van der Waals surface area contributed by atoms with E-state index in [9.17, 15) is 4.79 Å². The number of nitrogens with zero attached hydrogens (tertiary/aromatic N) is 5. The molecule has 5 heterocycles. The molecule has 1 amide bonds. The SMILES string of the molecule is CN1CCN(C2CCN(c3ccc(Nc4nc(NC5CCOCC5)c(C5=CCNC5)nc4C(N)=O)cc3)CC2)CC1. The average molecular weight is 562 g/mol. The highest BCUT2D eigenvalue weighted by Crippen LogP contribution is 2.30. The monoisotopic (exact) mass is 561 g/mol. The number of hydrogen-bond donors (Lipinski definition) is 4. The molecule has 2 aromatic rings. The first-order chi connectivity index (χ1) is 20.0. The number of benzene rings is 1. The Balaban J connectivity index is 1.16. The van der Waals surface area contributed by atoms with E-state index in [1.54, 1.807) is 0 Å². The van der Waals surface area contributed by atoms with E-state index in [4.69, 9.17) is 20.4 Å². The first-order valence-electron chi connectivity index (χ1n) is 15.0. The van der Waals surface area contributed by atoms with Gasteiger partial charge >= 0.3 is 0 Å². The van der Waals surface area contributed by atoms with Gasteiger partial charge in [0.2, 0.25) is 0 Å². The molecule has 220 valence electrons. The standard InChI is InChI=1S/C30H43N9O2/c1-37-14-16-39(17-15-37)25-7-12-38(13-8-25)24-4-2-22(3-5-24)33-30-27(28(31)40)35-26(21-6-11-32-20-21)29(36-30)34-23-9-18-41-19-10-23/h2-6,23,25,32H,7-20H2,1H3,(H2,31,40)(H2,33,34,36). The van der Waals surface area contributed by atoms with E-state index < -0.39 is 5.91 Å². The fourth-order valence-corrected chi connectivity index (χ4v) is 6.28. The normalized spacial score (nSPS) is 21.6. The van der Waals surface area contributed by atoms with Crippen LogP contribution in [0.4, 0.5) is 23.0 Å². The Labute approximate surface area is 242 Å². The molecule has 3 saturated heterocycles. The molecule has 5 N–H and O–H groups in total. The molecule has 0 radical (unpaired) electrons. The number of piperazine rings is 1. The van der Waals surface area contributed by atoms with Gasteiger partial charge in [0, 0.05) is 89.0 Å². The van der Waals surface area contributed by atoms with Crippen molar-refractivity contribution in [3.63, 3.8) is 0 Å². The minimum absolute atomic E-state index is 0.139. The summed E-state index contributed by atoms with van der Waals surface area (Å²) in [6.07, 6.45) is 6.27. The zero-order valence-corrected chi connectivity index (χ0v) is 24.1. The van der Waals surface area contributed by atoms with Crippen molar-refractivity contribution in [1.29, 1.82) is 0 Å². The molecule has 0 unspecified atom stereocenters. The minimum Gasteiger partial charge on any atom is -0.381 e. The predicted molar refractivity (Wildman–Crippen MR) is 163 cm³/mol. The molecule has 4 aliphatic rings. The second-order valence-electron chi connectivity index (χ2n) is 11.6. The van der Waals surface area contributed by atoms with Crippen molar-refractivity contribution in [2.45, 2.75) is 37.8 Å². The van der Waals surface area contributed by atoms with Crippen LogP contribution in [0.3, 0.4) is 0 Å². The Morgan fingerprint density at radius 3 is 2.37 bits per heavy atom. The van der Waals surface area contributed by atoms with Crippen molar-refractivity contribution in [1.82, 2.24) is 25.1 Å². The van der Waals surface area contributed by atoms with Crippen LogP contribution < -0.4 is 26.6 Å². The number of carbonyl (C=O) groups is 1. The van der Waals surface area contributed by atoms with Crippen LogP contribution in [0.25, 0.3) is 5.57 Å². The molecule has 0 saturated carbocycles. The van der Waals surface area contributed by atoms with Crippen molar-refractivity contribution in [3.8, 4) is 0 Å². The Morgan fingerprint density at radius 2 is 1.71 bits per heavy atom. The summed E-state index contributed by atoms with van der Waals surface area (Å²) in [6.45, 7) is 9.70. The fourth-order valence-electron chi connectivity index (χ4n) is 6.28. The first kappa shape index (κ1) is 27.9. The molecule has 0 aliphatic carbocycles. The van der Waals surface area contributed by atoms with Gasteiger partial charge in [0.15, 0.2) is 17.3 Å². The number of nitrogens with one attached hydrogen (secondary N) is 3. The second-order valence-corrected chi connectivity index (χ2v) is 11.6. The number of primary amides is 1. The third kappa shape index (κ3) is 6.64. The van der Waals surface area contributed by atoms with E-state index >= 15 is 0 Å². The summed E-state index contributed by atoms with van der Waals surface area (Å²) >= 11 is 0. The average Bonchev–Trinajstić information content (AvgIpc) is 3.54. The predicted octanol–water partition coefficient (Wildman–Crippen LogP) is 2.11. The van der Waals surface area contributed by atoms with Gasteiger partial charge < -0.3 is 36.2 Å². The molecule has 6 rings (SSSR count). The minimum atomic E-state index is -0.606. The van der Waals surface area contributed by atoms with E-state index in [0.717, 1.165) is 57.0 Å². The number of amides is 1. The van der Waals surface area contributed by atoms with Crippen LogP contribution in [0.15, 0.2) is 30.3 Å². The van der Waals surface area contributed by atoms with Crippen LogP contribution in [0.5, 0.6) is 0 Å². The number of likely N-dealkylation sites (N-methyl/N-ethyl adjacent to an activating group) is 1. The smallest absolute Gasteiger partial charge is 0.271 e. The van der Waals surface area contributed by atoms with Crippen LogP contribution in [0.1, 0.15) is 41.9 Å². The van der Waals surface area contributed by atoms with E-state index in [1.807, 2.05) is 12.1 Å². The lowest BCUT2D eigenvalue weighted by molar-refractivity contribution is 0.0904. The number of ether oxygens (including phenoxy) is 1. The maximum absolute atomic E-state index is 12.5. The van der Waals surface area contributed by atoms with Gasteiger partial charge in [-0.05, 0) is 62.6 Å². The van der Waals surface area contributed by atoms with Crippen molar-refractivity contribution in [3.05, 3.63) is 41.7 Å². The summed E-state index contributed by atoms with van der Waals surface area (Å²) in [6, 6.07) is 9.28. The second kappa shape index (κ2) is 12.7. The molecule has 3 fully saturated rings. The maximum atomic E-state index is 12.5. The first-order valence-corrected chi connectivity index (χ1v) is 15.0. The number of aromatic nitrogens is 2. The number of piperidine rings is 1. The quantitative estimate of drug-likeness (QED) is 0.381. The molecule has 11 heteroatoms. The summed E-state index contributed by atoms with van der Waals surface area (Å²) in [5.41, 5.74) is 9.68. The third-order valence-electron chi connectivity index (χ3n) is 8.82. The molecular formula is C30H43N9O2. The summed E-state index contributed by atoms with van der Waals surface area (Å²) in [5.74, 6) is 0.424. The van der Waals surface area contributed by atoms with Gasteiger partial charge in [-0.3, -0.25) is 9.69 Å². The number of anilines is 4. The summed E-state index contributed by atoms with van der Waals surface area (Å²) in [4.78, 5) is 29.7. The maximum Gasteiger partial charge on any atom is 0.271 e. The van der Waals surface area contributed by atoms with E-state index in [0.29, 0.717) is 29.9 Å². The zero-order valence-electron chi connectivity index (χ0n) is 24.1. The summed E-state index contributed by atoms with van der Waals surface area (Å²) in [7, 11) is 2.21. The lowest BCUT2D eigenvalue weighted by Crippen LogP contribution is -2.52. The zero-order chi connectivity index (χ0) is 28.2. The van der Waals surface area contributed by atoms with Crippen LogP contribution >= 0.6 is 0 Å². The largest absolute Gasteiger partial charge is 0.381 e. The Bertz CT molecular complexity index is 1230. The van der Waals surface area contributed by atoms with E-state index in [1.165, 1.54) is 44.7 Å². The lowest BCUT2D eigenvalue weighted by atomic mass is 10.0. The Hall–Kier alpha value is -3.25. The van der Waals surface area contributed by atoms with Gasteiger partial charge in [-0.15, -0.1) is 0 Å². The molecule has 0 spiro atoms. The Kier molecular flexibility index (Phi) is 8.66. The Morgan fingerprint density at radius 1 is 0.976 bits per heavy atom. The van der Waals surface area contributed by atoms with Crippen molar-refractivity contribution < 1.29 is 9.53 Å². The van der Waals surface area contributed by atoms with Crippen molar-refractivity contribution >= 4 is 34.5 Å². The van der Waals surface area contributed by atoms with Gasteiger partial charge in [-0.1, -0.05) is 6.08 Å². The number of nitrogens with two attached hydrogens (primary N) is 1. The summed E-state index contributed by atoms with van der Waals surface area (Å²) < 4.78 is 5.53. The van der Waals surface area contributed by atoms with Gasteiger partial charge in [0.25, 0.3) is 5.91 Å². The molecular weight excluding hydrogens is 518 g/mol. The van der Waals surface area contributed by atoms with Crippen LogP contribution in [0.2, 0.25) is 0 Å². The number of carbonyl (C=O) groups excluding carboxylic acids is 1. The lowest BCUT2D eigenvalue weighted by Gasteiger charge is -2.42. The van der Waals surface area contributed by atoms with Gasteiger partial charge in [-0.2, -0.15) is 0 Å². The number of hydrogen-bond acceptors (Lipinski definition) is 10. The van der Waals surface area contributed by atoms with E-state index in [2.05, 4.69) is 55.9 Å². The highest BCUT2D eigenvalue weighted by molar-refractivity contribution is 5.97.